The fourth-order valence-electron chi connectivity index (χ4n) is 1.61. The smallest absolute Gasteiger partial charge is 0.0824 e. The molecule has 0 saturated heterocycles. The first kappa shape index (κ1) is 11.3. The molecule has 0 aliphatic heterocycles. The summed E-state index contributed by atoms with van der Waals surface area (Å²) in [4.78, 5) is 0. The predicted molar refractivity (Wildman–Crippen MR) is 67.2 cm³/mol. The maximum atomic E-state index is 5.89. The zero-order valence-electron chi connectivity index (χ0n) is 9.17. The van der Waals surface area contributed by atoms with E-state index < -0.39 is 0 Å². The molecule has 1 rings (SSSR count). The van der Waals surface area contributed by atoms with Gasteiger partial charge in [0.05, 0.1) is 28.4 Å². The number of benzene rings is 1. The van der Waals surface area contributed by atoms with Crippen molar-refractivity contribution in [1.82, 2.24) is 0 Å². The van der Waals surface area contributed by atoms with Gasteiger partial charge in [0.25, 0.3) is 0 Å². The molecule has 0 spiro atoms. The fraction of sp³-hybridized carbons (Fsp3) is 0.400. The van der Waals surface area contributed by atoms with E-state index in [2.05, 4.69) is 0 Å². The van der Waals surface area contributed by atoms with Gasteiger partial charge in [-0.05, 0) is 12.3 Å². The highest BCUT2D eigenvalue weighted by molar-refractivity contribution is 5.96. The van der Waals surface area contributed by atoms with Crippen LogP contribution in [0.1, 0.15) is 31.7 Å². The number of hydrogen-bond acceptors (Lipinski definition) is 5. The van der Waals surface area contributed by atoms with Crippen molar-refractivity contribution in [1.29, 1.82) is 0 Å². The second kappa shape index (κ2) is 3.76. The van der Waals surface area contributed by atoms with E-state index in [4.69, 9.17) is 28.7 Å². The largest absolute Gasteiger partial charge is 0.397 e. The Bertz CT molecular complexity index is 357. The lowest BCUT2D eigenvalue weighted by molar-refractivity contribution is 0.739. The average molecular weight is 209 g/mol. The zero-order chi connectivity index (χ0) is 11.7. The van der Waals surface area contributed by atoms with Crippen LogP contribution in [0.4, 0.5) is 28.4 Å². The molecule has 15 heavy (non-hydrogen) atoms. The zero-order valence-corrected chi connectivity index (χ0v) is 9.17. The summed E-state index contributed by atoms with van der Waals surface area (Å²) in [5.74, 6) is 0.218. The lowest BCUT2D eigenvalue weighted by atomic mass is 9.93. The van der Waals surface area contributed by atoms with Crippen LogP contribution in [0.5, 0.6) is 0 Å². The van der Waals surface area contributed by atoms with Crippen LogP contribution in [0.15, 0.2) is 0 Å². The van der Waals surface area contributed by atoms with Crippen LogP contribution < -0.4 is 28.7 Å². The van der Waals surface area contributed by atoms with Gasteiger partial charge in [0.2, 0.25) is 0 Å². The molecule has 0 heterocycles. The molecule has 0 radical (unpaired) electrons. The molecule has 10 N–H and O–H groups in total. The van der Waals surface area contributed by atoms with E-state index >= 15 is 0 Å². The Morgan fingerprint density at radius 2 is 1.13 bits per heavy atom. The Morgan fingerprint density at radius 1 is 0.800 bits per heavy atom. The molecule has 5 nitrogen and oxygen atoms in total. The SMILES string of the molecule is CCC(C)c1c(N)c(N)c(N)c(N)c1N. The van der Waals surface area contributed by atoms with Crippen molar-refractivity contribution in [3.05, 3.63) is 5.56 Å². The van der Waals surface area contributed by atoms with Crippen LogP contribution in [0.2, 0.25) is 0 Å². The van der Waals surface area contributed by atoms with Gasteiger partial charge in [-0.2, -0.15) is 0 Å². The maximum Gasteiger partial charge on any atom is 0.0824 e. The van der Waals surface area contributed by atoms with Gasteiger partial charge in [-0.15, -0.1) is 0 Å². The van der Waals surface area contributed by atoms with Crippen molar-refractivity contribution < 1.29 is 0 Å². The Hall–Kier alpha value is -1.78. The van der Waals surface area contributed by atoms with Gasteiger partial charge in [-0.1, -0.05) is 13.8 Å². The lowest BCUT2D eigenvalue weighted by Crippen LogP contribution is -2.12. The molecule has 1 aromatic carbocycles. The highest BCUT2D eigenvalue weighted by Gasteiger charge is 2.19. The Balaban J connectivity index is 3.52. The third-order valence-corrected chi connectivity index (χ3v) is 2.85. The molecule has 0 saturated carbocycles. The molecule has 0 fully saturated rings. The number of hydrogen-bond donors (Lipinski definition) is 5. The summed E-state index contributed by atoms with van der Waals surface area (Å²) in [6.07, 6.45) is 0.914. The van der Waals surface area contributed by atoms with Gasteiger partial charge in [0.15, 0.2) is 0 Å². The first-order chi connectivity index (χ1) is 6.91. The quantitative estimate of drug-likeness (QED) is 0.466. The van der Waals surface area contributed by atoms with Gasteiger partial charge in [0, 0.05) is 5.56 Å². The third-order valence-electron chi connectivity index (χ3n) is 2.85. The summed E-state index contributed by atoms with van der Waals surface area (Å²) in [5, 5.41) is 0. The molecule has 1 unspecified atom stereocenters. The first-order valence-corrected chi connectivity index (χ1v) is 4.92. The van der Waals surface area contributed by atoms with Crippen LogP contribution in [0.3, 0.4) is 0 Å². The average Bonchev–Trinajstić information content (AvgIpc) is 2.23. The second-order valence-corrected chi connectivity index (χ2v) is 3.79. The summed E-state index contributed by atoms with van der Waals surface area (Å²) >= 11 is 0. The van der Waals surface area contributed by atoms with Gasteiger partial charge in [-0.25, -0.2) is 0 Å². The molecule has 5 heteroatoms. The van der Waals surface area contributed by atoms with E-state index in [9.17, 15) is 0 Å². The van der Waals surface area contributed by atoms with Gasteiger partial charge < -0.3 is 28.7 Å². The molecule has 0 amide bonds. The summed E-state index contributed by atoms with van der Waals surface area (Å²) in [6, 6.07) is 0. The molecule has 1 atom stereocenters. The van der Waals surface area contributed by atoms with E-state index in [0.29, 0.717) is 22.7 Å². The number of nitrogen functional groups attached to an aromatic ring is 5. The Morgan fingerprint density at radius 3 is 1.47 bits per heavy atom. The summed E-state index contributed by atoms with van der Waals surface area (Å²) in [5.41, 5.74) is 31.6. The number of anilines is 5. The van der Waals surface area contributed by atoms with Crippen molar-refractivity contribution in [2.24, 2.45) is 0 Å². The topological polar surface area (TPSA) is 130 Å². The minimum Gasteiger partial charge on any atom is -0.397 e. The van der Waals surface area contributed by atoms with E-state index in [1.165, 1.54) is 0 Å². The molecular formula is C10H19N5. The predicted octanol–water partition coefficient (Wildman–Crippen LogP) is 1.11. The molecule has 84 valence electrons. The van der Waals surface area contributed by atoms with Crippen molar-refractivity contribution >= 4 is 28.4 Å². The van der Waals surface area contributed by atoms with Gasteiger partial charge in [0.1, 0.15) is 0 Å². The second-order valence-electron chi connectivity index (χ2n) is 3.79. The molecule has 1 aromatic rings. The number of rotatable bonds is 2. The van der Waals surface area contributed by atoms with Crippen LogP contribution in [0.25, 0.3) is 0 Å². The summed E-state index contributed by atoms with van der Waals surface area (Å²) < 4.78 is 0. The minimum absolute atomic E-state index is 0.218. The minimum atomic E-state index is 0.218. The number of nitrogens with two attached hydrogens (primary N) is 5. The Labute approximate surface area is 89.6 Å². The van der Waals surface area contributed by atoms with E-state index in [0.717, 1.165) is 12.0 Å². The maximum absolute atomic E-state index is 5.89. The highest BCUT2D eigenvalue weighted by Crippen LogP contribution is 2.42. The van der Waals surface area contributed by atoms with E-state index in [1.807, 2.05) is 13.8 Å². The van der Waals surface area contributed by atoms with Gasteiger partial charge >= 0.3 is 0 Å². The molecular weight excluding hydrogens is 190 g/mol. The van der Waals surface area contributed by atoms with E-state index in [-0.39, 0.29) is 11.6 Å². The normalized spacial score (nSPS) is 12.7. The Kier molecular flexibility index (Phi) is 2.83. The van der Waals surface area contributed by atoms with E-state index in [1.54, 1.807) is 0 Å². The molecule has 0 bridgehead atoms. The molecule has 0 aliphatic carbocycles. The van der Waals surface area contributed by atoms with Crippen LogP contribution in [0, 0.1) is 0 Å². The standard InChI is InChI=1S/C10H19N5/c1-3-4(2)5-6(11)8(13)10(15)9(14)7(5)12/h4H,3,11-15H2,1-2H3. The van der Waals surface area contributed by atoms with Crippen molar-refractivity contribution in [2.45, 2.75) is 26.2 Å². The van der Waals surface area contributed by atoms with Gasteiger partial charge in [-0.3, -0.25) is 0 Å². The monoisotopic (exact) mass is 209 g/mol. The van der Waals surface area contributed by atoms with Crippen LogP contribution in [-0.2, 0) is 0 Å². The van der Waals surface area contributed by atoms with Crippen LogP contribution in [-0.4, -0.2) is 0 Å². The van der Waals surface area contributed by atoms with Crippen molar-refractivity contribution in [3.63, 3.8) is 0 Å². The molecule has 0 aromatic heterocycles. The van der Waals surface area contributed by atoms with Crippen molar-refractivity contribution in [2.75, 3.05) is 28.7 Å². The van der Waals surface area contributed by atoms with Crippen molar-refractivity contribution in [3.8, 4) is 0 Å². The highest BCUT2D eigenvalue weighted by atomic mass is 14.8. The molecule has 0 aliphatic rings. The summed E-state index contributed by atoms with van der Waals surface area (Å²) in [7, 11) is 0. The lowest BCUT2D eigenvalue weighted by Gasteiger charge is -2.20. The summed E-state index contributed by atoms with van der Waals surface area (Å²) in [6.45, 7) is 4.07. The fourth-order valence-corrected chi connectivity index (χ4v) is 1.61. The first-order valence-electron chi connectivity index (χ1n) is 4.92. The van der Waals surface area contributed by atoms with Crippen LogP contribution >= 0.6 is 0 Å². The third kappa shape index (κ3) is 1.60.